The second-order valence-corrected chi connectivity index (χ2v) is 4.46. The van der Waals surface area contributed by atoms with Crippen molar-refractivity contribution in [3.63, 3.8) is 0 Å². The van der Waals surface area contributed by atoms with Crippen LogP contribution in [-0.2, 0) is 6.61 Å². The van der Waals surface area contributed by atoms with Gasteiger partial charge in [-0.05, 0) is 24.6 Å². The Kier molecular flexibility index (Phi) is 4.02. The average molecular weight is 278 g/mol. The zero-order valence-electron chi connectivity index (χ0n) is 10.3. The van der Waals surface area contributed by atoms with Crippen molar-refractivity contribution in [2.45, 2.75) is 13.5 Å². The van der Waals surface area contributed by atoms with E-state index in [0.717, 1.165) is 5.56 Å². The van der Waals surface area contributed by atoms with Crippen LogP contribution in [0.2, 0.25) is 5.02 Å². The van der Waals surface area contributed by atoms with Crippen LogP contribution in [0.3, 0.4) is 0 Å². The van der Waals surface area contributed by atoms with Crippen molar-refractivity contribution in [3.05, 3.63) is 68.7 Å². The summed E-state index contributed by atoms with van der Waals surface area (Å²) in [5.41, 5.74) is 1.28. The third-order valence-electron chi connectivity index (χ3n) is 2.75. The van der Waals surface area contributed by atoms with Crippen LogP contribution in [0.5, 0.6) is 5.75 Å². The minimum Gasteiger partial charge on any atom is -0.482 e. The third-order valence-corrected chi connectivity index (χ3v) is 3.16. The molecule has 0 fully saturated rings. The molecule has 98 valence electrons. The number of halogens is 1. The van der Waals surface area contributed by atoms with Crippen molar-refractivity contribution in [1.29, 1.82) is 0 Å². The fourth-order valence-corrected chi connectivity index (χ4v) is 1.88. The summed E-state index contributed by atoms with van der Waals surface area (Å²) < 4.78 is 5.52. The van der Waals surface area contributed by atoms with Crippen LogP contribution >= 0.6 is 11.6 Å². The van der Waals surface area contributed by atoms with Crippen molar-refractivity contribution in [2.24, 2.45) is 0 Å². The van der Waals surface area contributed by atoms with E-state index in [2.05, 4.69) is 0 Å². The average Bonchev–Trinajstić information content (AvgIpc) is 2.41. The van der Waals surface area contributed by atoms with E-state index in [0.29, 0.717) is 10.6 Å². The molecule has 0 aliphatic carbocycles. The van der Waals surface area contributed by atoms with E-state index in [1.807, 2.05) is 30.3 Å². The third kappa shape index (κ3) is 3.03. The van der Waals surface area contributed by atoms with Gasteiger partial charge >= 0.3 is 5.69 Å². The topological polar surface area (TPSA) is 52.4 Å². The van der Waals surface area contributed by atoms with Gasteiger partial charge in [-0.3, -0.25) is 10.1 Å². The van der Waals surface area contributed by atoms with E-state index in [9.17, 15) is 10.1 Å². The maximum Gasteiger partial charge on any atom is 0.315 e. The summed E-state index contributed by atoms with van der Waals surface area (Å²) in [7, 11) is 0. The summed E-state index contributed by atoms with van der Waals surface area (Å²) in [4.78, 5) is 10.6. The van der Waals surface area contributed by atoms with Crippen molar-refractivity contribution < 1.29 is 9.66 Å². The smallest absolute Gasteiger partial charge is 0.315 e. The minimum absolute atomic E-state index is 0.0802. The Labute approximate surface area is 115 Å². The first-order valence-electron chi connectivity index (χ1n) is 5.70. The van der Waals surface area contributed by atoms with Gasteiger partial charge in [-0.15, -0.1) is 0 Å². The van der Waals surface area contributed by atoms with Gasteiger partial charge in [0.25, 0.3) is 0 Å². The molecule has 0 heterocycles. The molecule has 2 aromatic rings. The molecule has 0 N–H and O–H groups in total. The first-order valence-corrected chi connectivity index (χ1v) is 6.07. The lowest BCUT2D eigenvalue weighted by Crippen LogP contribution is -2.01. The molecular formula is C14H12ClNO3. The molecule has 0 saturated heterocycles. The molecule has 0 aliphatic heterocycles. The van der Waals surface area contributed by atoms with Crippen molar-refractivity contribution in [2.75, 3.05) is 0 Å². The highest BCUT2D eigenvalue weighted by Crippen LogP contribution is 2.35. The summed E-state index contributed by atoms with van der Waals surface area (Å²) in [5.74, 6) is 0.232. The molecule has 0 unspecified atom stereocenters. The van der Waals surface area contributed by atoms with E-state index in [1.165, 1.54) is 6.07 Å². The van der Waals surface area contributed by atoms with Gasteiger partial charge in [0.1, 0.15) is 6.61 Å². The van der Waals surface area contributed by atoms with Gasteiger partial charge in [0, 0.05) is 5.56 Å². The predicted molar refractivity (Wildman–Crippen MR) is 73.6 cm³/mol. The molecule has 2 aromatic carbocycles. The van der Waals surface area contributed by atoms with Crippen LogP contribution in [0.15, 0.2) is 42.5 Å². The molecule has 0 saturated carbocycles. The van der Waals surface area contributed by atoms with E-state index < -0.39 is 4.92 Å². The van der Waals surface area contributed by atoms with Gasteiger partial charge in [-0.2, -0.15) is 0 Å². The number of benzene rings is 2. The standard InChI is InChI=1S/C14H12ClNO3/c1-10-12(15)7-8-13(14(10)16(17)18)19-9-11-5-3-2-4-6-11/h2-8H,9H2,1H3. The normalized spacial score (nSPS) is 10.2. The molecule has 2 rings (SSSR count). The van der Waals surface area contributed by atoms with E-state index in [-0.39, 0.29) is 18.0 Å². The summed E-state index contributed by atoms with van der Waals surface area (Å²) in [6.07, 6.45) is 0. The zero-order chi connectivity index (χ0) is 13.8. The summed E-state index contributed by atoms with van der Waals surface area (Å²) in [5, 5.41) is 11.4. The van der Waals surface area contributed by atoms with Gasteiger partial charge in [0.05, 0.1) is 9.95 Å². The minimum atomic E-state index is -0.471. The quantitative estimate of drug-likeness (QED) is 0.623. The highest BCUT2D eigenvalue weighted by atomic mass is 35.5. The molecule has 4 nitrogen and oxygen atoms in total. The molecule has 0 atom stereocenters. The number of nitro benzene ring substituents is 1. The Morgan fingerprint density at radius 3 is 2.53 bits per heavy atom. The van der Waals surface area contributed by atoms with Crippen LogP contribution in [0.1, 0.15) is 11.1 Å². The number of ether oxygens (including phenoxy) is 1. The highest BCUT2D eigenvalue weighted by Gasteiger charge is 2.20. The maximum atomic E-state index is 11.1. The molecule has 0 aliphatic rings. The Morgan fingerprint density at radius 1 is 1.21 bits per heavy atom. The van der Waals surface area contributed by atoms with Crippen molar-refractivity contribution in [1.82, 2.24) is 0 Å². The summed E-state index contributed by atoms with van der Waals surface area (Å²) >= 11 is 5.89. The first-order chi connectivity index (χ1) is 9.09. The maximum absolute atomic E-state index is 11.1. The fourth-order valence-electron chi connectivity index (χ4n) is 1.73. The van der Waals surface area contributed by atoms with Crippen LogP contribution in [0.4, 0.5) is 5.69 Å². The molecule has 19 heavy (non-hydrogen) atoms. The van der Waals surface area contributed by atoms with E-state index >= 15 is 0 Å². The number of rotatable bonds is 4. The van der Waals surface area contributed by atoms with Gasteiger partial charge in [0.15, 0.2) is 5.75 Å². The SMILES string of the molecule is Cc1c(Cl)ccc(OCc2ccccc2)c1[N+](=O)[O-]. The Hall–Kier alpha value is -2.07. The number of nitrogens with zero attached hydrogens (tertiary/aromatic N) is 1. The van der Waals surface area contributed by atoms with Gasteiger partial charge in [-0.1, -0.05) is 41.9 Å². The largest absolute Gasteiger partial charge is 0.482 e. The molecular weight excluding hydrogens is 266 g/mol. The second kappa shape index (κ2) is 5.71. The van der Waals surface area contributed by atoms with Crippen LogP contribution in [0, 0.1) is 17.0 Å². The van der Waals surface area contributed by atoms with Gasteiger partial charge in [0.2, 0.25) is 0 Å². The van der Waals surface area contributed by atoms with E-state index in [4.69, 9.17) is 16.3 Å². The van der Waals surface area contributed by atoms with Crippen LogP contribution in [0.25, 0.3) is 0 Å². The van der Waals surface area contributed by atoms with Gasteiger partial charge in [-0.25, -0.2) is 0 Å². The molecule has 0 amide bonds. The van der Waals surface area contributed by atoms with E-state index in [1.54, 1.807) is 13.0 Å². The van der Waals surface area contributed by atoms with Crippen LogP contribution in [-0.4, -0.2) is 4.92 Å². The molecule has 0 bridgehead atoms. The predicted octanol–water partition coefficient (Wildman–Crippen LogP) is 4.14. The van der Waals surface area contributed by atoms with Crippen molar-refractivity contribution >= 4 is 17.3 Å². The fraction of sp³-hybridized carbons (Fsp3) is 0.143. The monoisotopic (exact) mass is 277 g/mol. The molecule has 0 spiro atoms. The zero-order valence-corrected chi connectivity index (χ0v) is 11.1. The number of hydrogen-bond acceptors (Lipinski definition) is 3. The van der Waals surface area contributed by atoms with Gasteiger partial charge < -0.3 is 4.74 Å². The lowest BCUT2D eigenvalue weighted by Gasteiger charge is -2.09. The summed E-state index contributed by atoms with van der Waals surface area (Å²) in [6.45, 7) is 1.89. The lowest BCUT2D eigenvalue weighted by atomic mass is 10.2. The van der Waals surface area contributed by atoms with Crippen molar-refractivity contribution in [3.8, 4) is 5.75 Å². The molecule has 0 radical (unpaired) electrons. The first kappa shape index (κ1) is 13.4. The lowest BCUT2D eigenvalue weighted by molar-refractivity contribution is -0.386. The Morgan fingerprint density at radius 2 is 1.89 bits per heavy atom. The Bertz CT molecular complexity index is 599. The second-order valence-electron chi connectivity index (χ2n) is 4.05. The number of nitro groups is 1. The van der Waals surface area contributed by atoms with Crippen LogP contribution < -0.4 is 4.74 Å². The summed E-state index contributed by atoms with van der Waals surface area (Å²) in [6, 6.07) is 12.6. The highest BCUT2D eigenvalue weighted by molar-refractivity contribution is 6.31. The molecule has 0 aromatic heterocycles. The number of hydrogen-bond donors (Lipinski definition) is 0. The molecule has 5 heteroatoms. The Balaban J connectivity index is 2.26.